The van der Waals surface area contributed by atoms with Crippen molar-refractivity contribution >= 4 is 11.8 Å². The lowest BCUT2D eigenvalue weighted by Gasteiger charge is -2.12. The Bertz CT molecular complexity index is 96.0. The van der Waals surface area contributed by atoms with Crippen LogP contribution in [-0.4, -0.2) is 36.5 Å². The van der Waals surface area contributed by atoms with E-state index in [9.17, 15) is 0 Å². The quantitative estimate of drug-likeness (QED) is 0.657. The first-order chi connectivity index (χ1) is 5.74. The Morgan fingerprint density at radius 1 is 1.42 bits per heavy atom. The summed E-state index contributed by atoms with van der Waals surface area (Å²) in [6.45, 7) is 7.63. The summed E-state index contributed by atoms with van der Waals surface area (Å²) in [6.07, 6.45) is 3.60. The molecule has 1 heterocycles. The van der Waals surface area contributed by atoms with Gasteiger partial charge in [0, 0.05) is 12.6 Å². The van der Waals surface area contributed by atoms with E-state index in [0.29, 0.717) is 0 Å². The zero-order valence-corrected chi connectivity index (χ0v) is 9.95. The van der Waals surface area contributed by atoms with E-state index < -0.39 is 0 Å². The molecule has 0 saturated carbocycles. The van der Waals surface area contributed by atoms with Gasteiger partial charge in [-0.1, -0.05) is 13.8 Å². The summed E-state index contributed by atoms with van der Waals surface area (Å²) in [5.74, 6) is 2.30. The molecular formula is C10H23NS. The Morgan fingerprint density at radius 2 is 2.00 bits per heavy atom. The van der Waals surface area contributed by atoms with E-state index in [2.05, 4.69) is 25.1 Å². The molecule has 0 aromatic heterocycles. The van der Waals surface area contributed by atoms with Crippen molar-refractivity contribution < 1.29 is 0 Å². The average molecular weight is 189 g/mol. The highest BCUT2D eigenvalue weighted by molar-refractivity contribution is 7.98. The second-order valence-electron chi connectivity index (χ2n) is 3.35. The summed E-state index contributed by atoms with van der Waals surface area (Å²) in [5.41, 5.74) is 0. The van der Waals surface area contributed by atoms with Crippen LogP contribution in [0.4, 0.5) is 0 Å². The van der Waals surface area contributed by atoms with Gasteiger partial charge in [-0.15, -0.1) is 0 Å². The molecule has 1 aliphatic heterocycles. The van der Waals surface area contributed by atoms with Gasteiger partial charge in [-0.25, -0.2) is 0 Å². The minimum Gasteiger partial charge on any atom is -0.303 e. The molecule has 1 aliphatic rings. The molecular weight excluding hydrogens is 166 g/mol. The lowest BCUT2D eigenvalue weighted by Crippen LogP contribution is -2.21. The molecule has 1 fully saturated rings. The Balaban J connectivity index is 0.000000561. The van der Waals surface area contributed by atoms with Crippen LogP contribution in [0.5, 0.6) is 0 Å². The first-order valence-corrected chi connectivity index (χ1v) is 6.32. The van der Waals surface area contributed by atoms with Crippen molar-refractivity contribution in [2.45, 2.75) is 33.2 Å². The van der Waals surface area contributed by atoms with Gasteiger partial charge in [0.15, 0.2) is 0 Å². The molecule has 0 bridgehead atoms. The zero-order chi connectivity index (χ0) is 9.56. The normalized spacial score (nSPS) is 29.8. The van der Waals surface area contributed by atoms with Crippen LogP contribution in [0.2, 0.25) is 0 Å². The van der Waals surface area contributed by atoms with E-state index in [1.165, 1.54) is 18.7 Å². The molecule has 1 saturated heterocycles. The molecule has 2 unspecified atom stereocenters. The minimum atomic E-state index is 0.817. The van der Waals surface area contributed by atoms with Crippen molar-refractivity contribution in [1.82, 2.24) is 4.90 Å². The van der Waals surface area contributed by atoms with Gasteiger partial charge in [-0.05, 0) is 38.3 Å². The van der Waals surface area contributed by atoms with Crippen LogP contribution < -0.4 is 0 Å². The van der Waals surface area contributed by atoms with Crippen LogP contribution in [0.3, 0.4) is 0 Å². The highest BCUT2D eigenvalue weighted by atomic mass is 32.2. The number of hydrogen-bond acceptors (Lipinski definition) is 2. The fraction of sp³-hybridized carbons (Fsp3) is 1.00. The number of likely N-dealkylation sites (tertiary alicyclic amines) is 1. The molecule has 0 aliphatic carbocycles. The maximum absolute atomic E-state index is 2.46. The van der Waals surface area contributed by atoms with E-state index in [4.69, 9.17) is 0 Å². The maximum atomic E-state index is 2.46. The van der Waals surface area contributed by atoms with Gasteiger partial charge in [-0.3, -0.25) is 0 Å². The summed E-state index contributed by atoms with van der Waals surface area (Å²) in [6, 6.07) is 0.817. The smallest absolute Gasteiger partial charge is 0.00674 e. The second kappa shape index (κ2) is 6.79. The fourth-order valence-electron chi connectivity index (χ4n) is 1.68. The van der Waals surface area contributed by atoms with Crippen LogP contribution >= 0.6 is 11.8 Å². The van der Waals surface area contributed by atoms with Crippen molar-refractivity contribution in [1.29, 1.82) is 0 Å². The van der Waals surface area contributed by atoms with Crippen molar-refractivity contribution in [3.8, 4) is 0 Å². The van der Waals surface area contributed by atoms with Gasteiger partial charge in [0.05, 0.1) is 0 Å². The van der Waals surface area contributed by atoms with E-state index in [0.717, 1.165) is 12.0 Å². The van der Waals surface area contributed by atoms with Gasteiger partial charge < -0.3 is 4.90 Å². The van der Waals surface area contributed by atoms with Crippen molar-refractivity contribution in [3.05, 3.63) is 0 Å². The highest BCUT2D eigenvalue weighted by Gasteiger charge is 2.24. The molecule has 1 nitrogen and oxygen atoms in total. The third-order valence-corrected chi connectivity index (χ3v) is 3.18. The summed E-state index contributed by atoms with van der Waals surface area (Å²) >= 11 is 1.98. The second-order valence-corrected chi connectivity index (χ2v) is 4.26. The summed E-state index contributed by atoms with van der Waals surface area (Å²) in [5, 5.41) is 0. The Kier molecular flexibility index (Phi) is 6.96. The van der Waals surface area contributed by atoms with Gasteiger partial charge in [0.25, 0.3) is 0 Å². The van der Waals surface area contributed by atoms with Crippen molar-refractivity contribution in [2.75, 3.05) is 25.6 Å². The number of nitrogens with zero attached hydrogens (tertiary/aromatic N) is 1. The Labute approximate surface area is 81.9 Å². The molecule has 0 N–H and O–H groups in total. The third kappa shape index (κ3) is 3.81. The molecule has 74 valence electrons. The SMILES string of the molecule is CC.CSCC1CC(C)N(C)C1. The first-order valence-electron chi connectivity index (χ1n) is 4.93. The van der Waals surface area contributed by atoms with E-state index in [-0.39, 0.29) is 0 Å². The summed E-state index contributed by atoms with van der Waals surface area (Å²) in [7, 11) is 2.23. The molecule has 2 heteroatoms. The van der Waals surface area contributed by atoms with Gasteiger partial charge in [-0.2, -0.15) is 11.8 Å². The molecule has 0 amide bonds. The molecule has 0 aromatic carbocycles. The molecule has 1 rings (SSSR count). The highest BCUT2D eigenvalue weighted by Crippen LogP contribution is 2.23. The van der Waals surface area contributed by atoms with Crippen LogP contribution in [0.1, 0.15) is 27.2 Å². The van der Waals surface area contributed by atoms with Crippen LogP contribution in [0.15, 0.2) is 0 Å². The number of thioether (sulfide) groups is 1. The van der Waals surface area contributed by atoms with Crippen LogP contribution in [0, 0.1) is 5.92 Å². The largest absolute Gasteiger partial charge is 0.303 e. The van der Waals surface area contributed by atoms with E-state index in [1.54, 1.807) is 0 Å². The predicted molar refractivity (Wildman–Crippen MR) is 59.9 cm³/mol. The van der Waals surface area contributed by atoms with Crippen molar-refractivity contribution in [3.63, 3.8) is 0 Å². The average Bonchev–Trinajstić information content (AvgIpc) is 2.36. The maximum Gasteiger partial charge on any atom is 0.00674 e. The Hall–Kier alpha value is 0.310. The van der Waals surface area contributed by atoms with Gasteiger partial charge in [0.1, 0.15) is 0 Å². The first kappa shape index (κ1) is 12.3. The summed E-state index contributed by atoms with van der Waals surface area (Å²) in [4.78, 5) is 2.46. The van der Waals surface area contributed by atoms with Gasteiger partial charge in [0.2, 0.25) is 0 Å². The topological polar surface area (TPSA) is 3.24 Å². The zero-order valence-electron chi connectivity index (χ0n) is 9.13. The lowest BCUT2D eigenvalue weighted by atomic mass is 10.1. The number of rotatable bonds is 2. The van der Waals surface area contributed by atoms with E-state index in [1.807, 2.05) is 25.6 Å². The third-order valence-electron chi connectivity index (χ3n) is 2.38. The van der Waals surface area contributed by atoms with Crippen molar-refractivity contribution in [2.24, 2.45) is 5.92 Å². The minimum absolute atomic E-state index is 0.817. The molecule has 0 radical (unpaired) electrons. The number of hydrogen-bond donors (Lipinski definition) is 0. The monoisotopic (exact) mass is 189 g/mol. The van der Waals surface area contributed by atoms with E-state index >= 15 is 0 Å². The molecule has 12 heavy (non-hydrogen) atoms. The predicted octanol–water partition coefficient (Wildman–Crippen LogP) is 2.72. The summed E-state index contributed by atoms with van der Waals surface area (Å²) < 4.78 is 0. The van der Waals surface area contributed by atoms with Crippen LogP contribution in [0.25, 0.3) is 0 Å². The molecule has 0 spiro atoms. The molecule has 0 aromatic rings. The molecule has 2 atom stereocenters. The fourth-order valence-corrected chi connectivity index (χ4v) is 2.39. The van der Waals surface area contributed by atoms with Gasteiger partial charge >= 0.3 is 0 Å². The lowest BCUT2D eigenvalue weighted by molar-refractivity contribution is 0.327. The van der Waals surface area contributed by atoms with Crippen LogP contribution in [-0.2, 0) is 0 Å². The standard InChI is InChI=1S/C8H17NS.C2H6/c1-7-4-8(6-10-3)5-9(7)2;1-2/h7-8H,4-6H2,1-3H3;1-2H3. The Morgan fingerprint density at radius 3 is 2.33 bits per heavy atom.